The van der Waals surface area contributed by atoms with E-state index in [1.54, 1.807) is 0 Å². The van der Waals surface area contributed by atoms with Gasteiger partial charge >= 0.3 is 0 Å². The molecular formula is C9H21BrO2Si. The molecule has 0 saturated heterocycles. The van der Waals surface area contributed by atoms with Crippen LogP contribution in [0.2, 0.25) is 18.1 Å². The molecule has 13 heavy (non-hydrogen) atoms. The molecule has 0 aromatic carbocycles. The van der Waals surface area contributed by atoms with Crippen molar-refractivity contribution < 1.29 is 9.53 Å². The molecular weight excluding hydrogens is 248 g/mol. The van der Waals surface area contributed by atoms with E-state index in [0.717, 1.165) is 0 Å². The minimum Gasteiger partial charge on any atom is -0.416 e. The van der Waals surface area contributed by atoms with E-state index >= 15 is 0 Å². The van der Waals surface area contributed by atoms with Gasteiger partial charge in [-0.3, -0.25) is 0 Å². The predicted octanol–water partition coefficient (Wildman–Crippen LogP) is 2.76. The Hall–Kier alpha value is 0.617. The van der Waals surface area contributed by atoms with E-state index in [4.69, 9.17) is 9.53 Å². The van der Waals surface area contributed by atoms with Crippen molar-refractivity contribution in [3.8, 4) is 0 Å². The zero-order chi connectivity index (χ0) is 10.7. The van der Waals surface area contributed by atoms with Gasteiger partial charge in [-0.25, -0.2) is 0 Å². The Kier molecular flexibility index (Phi) is 5.15. The molecule has 80 valence electrons. The van der Waals surface area contributed by atoms with Gasteiger partial charge in [-0.2, -0.15) is 0 Å². The lowest BCUT2D eigenvalue weighted by molar-refractivity contribution is 0.231. The number of halogens is 1. The first kappa shape index (κ1) is 13.6. The van der Waals surface area contributed by atoms with Crippen LogP contribution in [-0.4, -0.2) is 31.5 Å². The molecule has 0 unspecified atom stereocenters. The maximum atomic E-state index is 8.82. The Bertz CT molecular complexity index is 154. The van der Waals surface area contributed by atoms with Crippen molar-refractivity contribution >= 4 is 24.2 Å². The first-order chi connectivity index (χ1) is 5.70. The minimum absolute atomic E-state index is 0.0709. The molecule has 0 radical (unpaired) electrons. The summed E-state index contributed by atoms with van der Waals surface area (Å²) in [4.78, 5) is 0.0709. The average Bonchev–Trinajstić information content (AvgIpc) is 1.98. The molecule has 0 saturated carbocycles. The van der Waals surface area contributed by atoms with Crippen LogP contribution in [0.15, 0.2) is 0 Å². The molecule has 0 aromatic heterocycles. The SMILES string of the molecule is CC(C)(C)[Si](C)(C)OC[C@@H](Br)CO. The second kappa shape index (κ2) is 4.91. The first-order valence-electron chi connectivity index (χ1n) is 4.59. The van der Waals surface area contributed by atoms with Gasteiger partial charge in [-0.05, 0) is 18.1 Å². The van der Waals surface area contributed by atoms with Crippen LogP contribution < -0.4 is 0 Å². The van der Waals surface area contributed by atoms with Gasteiger partial charge < -0.3 is 9.53 Å². The largest absolute Gasteiger partial charge is 0.416 e. The lowest BCUT2D eigenvalue weighted by Gasteiger charge is -2.36. The Labute approximate surface area is 90.9 Å². The van der Waals surface area contributed by atoms with Crippen molar-refractivity contribution in [1.29, 1.82) is 0 Å². The lowest BCUT2D eigenvalue weighted by atomic mass is 10.2. The van der Waals surface area contributed by atoms with E-state index in [-0.39, 0.29) is 16.5 Å². The summed E-state index contributed by atoms with van der Waals surface area (Å²) in [5.41, 5.74) is 0. The highest BCUT2D eigenvalue weighted by Gasteiger charge is 2.37. The molecule has 0 aliphatic heterocycles. The molecule has 4 heteroatoms. The summed E-state index contributed by atoms with van der Waals surface area (Å²) >= 11 is 3.34. The van der Waals surface area contributed by atoms with Crippen LogP contribution in [0.25, 0.3) is 0 Å². The van der Waals surface area contributed by atoms with Gasteiger partial charge in [-0.15, -0.1) is 0 Å². The molecule has 0 aliphatic carbocycles. The van der Waals surface area contributed by atoms with Gasteiger partial charge in [0.1, 0.15) is 0 Å². The van der Waals surface area contributed by atoms with Crippen LogP contribution in [0.3, 0.4) is 0 Å². The maximum Gasteiger partial charge on any atom is 0.192 e. The number of hydrogen-bond acceptors (Lipinski definition) is 2. The number of rotatable bonds is 4. The van der Waals surface area contributed by atoms with Crippen molar-refractivity contribution in [2.24, 2.45) is 0 Å². The summed E-state index contributed by atoms with van der Waals surface area (Å²) in [6.07, 6.45) is 0. The summed E-state index contributed by atoms with van der Waals surface area (Å²) in [5.74, 6) is 0. The molecule has 0 amide bonds. The maximum absolute atomic E-state index is 8.82. The van der Waals surface area contributed by atoms with E-state index in [0.29, 0.717) is 6.61 Å². The predicted molar refractivity (Wildman–Crippen MR) is 62.9 cm³/mol. The van der Waals surface area contributed by atoms with Gasteiger partial charge in [0.05, 0.1) is 11.4 Å². The number of aliphatic hydroxyl groups is 1. The van der Waals surface area contributed by atoms with E-state index in [9.17, 15) is 0 Å². The summed E-state index contributed by atoms with van der Waals surface area (Å²) in [5, 5.41) is 9.07. The molecule has 0 bridgehead atoms. The third kappa shape index (κ3) is 4.58. The summed E-state index contributed by atoms with van der Waals surface area (Å²) < 4.78 is 5.88. The third-order valence-electron chi connectivity index (χ3n) is 2.63. The van der Waals surface area contributed by atoms with Crippen molar-refractivity contribution in [3.05, 3.63) is 0 Å². The zero-order valence-corrected chi connectivity index (χ0v) is 11.8. The molecule has 0 rings (SSSR count). The second-order valence-corrected chi connectivity index (χ2v) is 11.0. The third-order valence-corrected chi connectivity index (χ3v) is 7.68. The molecule has 0 aliphatic rings. The minimum atomic E-state index is -1.63. The summed E-state index contributed by atoms with van der Waals surface area (Å²) in [6.45, 7) is 11.8. The van der Waals surface area contributed by atoms with Crippen LogP contribution in [0.4, 0.5) is 0 Å². The number of alkyl halides is 1. The quantitative estimate of drug-likeness (QED) is 0.628. The fourth-order valence-electron chi connectivity index (χ4n) is 0.568. The van der Waals surface area contributed by atoms with E-state index in [1.165, 1.54) is 0 Å². The summed E-state index contributed by atoms with van der Waals surface area (Å²) in [7, 11) is -1.63. The smallest absolute Gasteiger partial charge is 0.192 e. The average molecular weight is 269 g/mol. The van der Waals surface area contributed by atoms with Crippen LogP contribution in [0, 0.1) is 0 Å². The summed E-state index contributed by atoms with van der Waals surface area (Å²) in [6, 6.07) is 0. The van der Waals surface area contributed by atoms with E-state index in [1.807, 2.05) is 0 Å². The topological polar surface area (TPSA) is 29.5 Å². The van der Waals surface area contributed by atoms with Crippen LogP contribution in [0.5, 0.6) is 0 Å². The standard InChI is InChI=1S/C9H21BrO2Si/c1-9(2,3)13(4,5)12-7-8(10)6-11/h8,11H,6-7H2,1-5H3/t8-/m0/s1. The molecule has 0 fully saturated rings. The van der Waals surface area contributed by atoms with Crippen LogP contribution in [0.1, 0.15) is 20.8 Å². The first-order valence-corrected chi connectivity index (χ1v) is 8.42. The number of aliphatic hydroxyl groups excluding tert-OH is 1. The fraction of sp³-hybridized carbons (Fsp3) is 1.00. The van der Waals surface area contributed by atoms with Gasteiger partial charge in [0, 0.05) is 6.61 Å². The molecule has 1 N–H and O–H groups in total. The van der Waals surface area contributed by atoms with Crippen molar-refractivity contribution in [1.82, 2.24) is 0 Å². The van der Waals surface area contributed by atoms with E-state index in [2.05, 4.69) is 49.8 Å². The van der Waals surface area contributed by atoms with Gasteiger partial charge in [0.25, 0.3) is 0 Å². The zero-order valence-electron chi connectivity index (χ0n) is 9.22. The van der Waals surface area contributed by atoms with Gasteiger partial charge in [-0.1, -0.05) is 36.7 Å². The highest BCUT2D eigenvalue weighted by molar-refractivity contribution is 9.09. The normalized spacial score (nSPS) is 15.9. The van der Waals surface area contributed by atoms with Gasteiger partial charge in [0.15, 0.2) is 8.32 Å². The van der Waals surface area contributed by atoms with Crippen molar-refractivity contribution in [2.75, 3.05) is 13.2 Å². The van der Waals surface area contributed by atoms with Crippen LogP contribution in [-0.2, 0) is 4.43 Å². The Morgan fingerprint density at radius 2 is 1.85 bits per heavy atom. The molecule has 0 aromatic rings. The van der Waals surface area contributed by atoms with Crippen LogP contribution >= 0.6 is 15.9 Å². The number of hydrogen-bond donors (Lipinski definition) is 1. The Morgan fingerprint density at radius 3 is 2.15 bits per heavy atom. The van der Waals surface area contributed by atoms with Crippen molar-refractivity contribution in [3.63, 3.8) is 0 Å². The second-order valence-electron chi connectivity index (χ2n) is 4.85. The fourth-order valence-corrected chi connectivity index (χ4v) is 1.99. The highest BCUT2D eigenvalue weighted by atomic mass is 79.9. The van der Waals surface area contributed by atoms with E-state index < -0.39 is 8.32 Å². The van der Waals surface area contributed by atoms with Crippen molar-refractivity contribution in [2.45, 2.75) is 43.7 Å². The highest BCUT2D eigenvalue weighted by Crippen LogP contribution is 2.36. The molecule has 0 heterocycles. The molecule has 0 spiro atoms. The van der Waals surface area contributed by atoms with Gasteiger partial charge in [0.2, 0.25) is 0 Å². The molecule has 2 nitrogen and oxygen atoms in total. The lowest BCUT2D eigenvalue weighted by Crippen LogP contribution is -2.42. The Balaban J connectivity index is 4.04. The monoisotopic (exact) mass is 268 g/mol. The Morgan fingerprint density at radius 1 is 1.38 bits per heavy atom. The molecule has 1 atom stereocenters.